The maximum Gasteiger partial charge on any atom is 0.253 e. The Morgan fingerprint density at radius 2 is 1.95 bits per heavy atom. The van der Waals surface area contributed by atoms with Crippen molar-refractivity contribution in [2.45, 2.75) is 6.92 Å². The van der Waals surface area contributed by atoms with Crippen molar-refractivity contribution >= 4 is 27.7 Å². The molecule has 0 amide bonds. The SMILES string of the molecule is CCOc1cccc(-c2cc(C(=O)Cl)c3ccccc3n2)c1. The molecule has 110 valence electrons. The van der Waals surface area contributed by atoms with Gasteiger partial charge in [-0.05, 0) is 42.8 Å². The molecular weight excluding hydrogens is 298 g/mol. The lowest BCUT2D eigenvalue weighted by Crippen LogP contribution is -1.96. The zero-order chi connectivity index (χ0) is 15.5. The molecule has 0 spiro atoms. The molecule has 0 fully saturated rings. The van der Waals surface area contributed by atoms with Crippen LogP contribution in [0.1, 0.15) is 17.3 Å². The van der Waals surface area contributed by atoms with Crippen LogP contribution >= 0.6 is 11.6 Å². The summed E-state index contributed by atoms with van der Waals surface area (Å²) in [4.78, 5) is 16.3. The maximum atomic E-state index is 11.7. The second-order valence-corrected chi connectivity index (χ2v) is 5.15. The van der Waals surface area contributed by atoms with Crippen LogP contribution in [0.5, 0.6) is 5.75 Å². The van der Waals surface area contributed by atoms with Crippen LogP contribution in [0.15, 0.2) is 54.6 Å². The van der Waals surface area contributed by atoms with Crippen molar-refractivity contribution < 1.29 is 9.53 Å². The number of carbonyl (C=O) groups is 1. The average Bonchev–Trinajstić information content (AvgIpc) is 2.54. The molecule has 3 nitrogen and oxygen atoms in total. The van der Waals surface area contributed by atoms with Crippen LogP contribution in [0.2, 0.25) is 0 Å². The number of nitrogens with zero attached hydrogens (tertiary/aromatic N) is 1. The molecule has 3 aromatic rings. The molecule has 0 saturated carbocycles. The summed E-state index contributed by atoms with van der Waals surface area (Å²) in [5.41, 5.74) is 2.79. The molecule has 1 heterocycles. The molecule has 0 bridgehead atoms. The van der Waals surface area contributed by atoms with Gasteiger partial charge in [-0.1, -0.05) is 30.3 Å². The van der Waals surface area contributed by atoms with E-state index in [2.05, 4.69) is 4.98 Å². The fourth-order valence-electron chi connectivity index (χ4n) is 2.40. The summed E-state index contributed by atoms with van der Waals surface area (Å²) in [6.07, 6.45) is 0. The van der Waals surface area contributed by atoms with Gasteiger partial charge in [-0.25, -0.2) is 4.98 Å². The van der Waals surface area contributed by atoms with Crippen LogP contribution in [0.25, 0.3) is 22.2 Å². The molecule has 0 aliphatic carbocycles. The Labute approximate surface area is 133 Å². The minimum atomic E-state index is -0.485. The van der Waals surface area contributed by atoms with Gasteiger partial charge in [-0.3, -0.25) is 4.79 Å². The topological polar surface area (TPSA) is 39.2 Å². The predicted octanol–water partition coefficient (Wildman–Crippen LogP) is 4.68. The van der Waals surface area contributed by atoms with E-state index < -0.39 is 5.24 Å². The van der Waals surface area contributed by atoms with Gasteiger partial charge in [0.25, 0.3) is 5.24 Å². The van der Waals surface area contributed by atoms with Crippen LogP contribution < -0.4 is 4.74 Å². The second-order valence-electron chi connectivity index (χ2n) is 4.81. The first-order chi connectivity index (χ1) is 10.7. The number of aromatic nitrogens is 1. The number of halogens is 1. The fraction of sp³-hybridized carbons (Fsp3) is 0.111. The van der Waals surface area contributed by atoms with Gasteiger partial charge in [0, 0.05) is 16.5 Å². The highest BCUT2D eigenvalue weighted by molar-refractivity contribution is 6.68. The molecule has 22 heavy (non-hydrogen) atoms. The normalized spacial score (nSPS) is 10.6. The number of rotatable bonds is 4. The second kappa shape index (κ2) is 6.16. The Morgan fingerprint density at radius 1 is 1.14 bits per heavy atom. The number of carbonyl (C=O) groups excluding carboxylic acids is 1. The quantitative estimate of drug-likeness (QED) is 0.657. The van der Waals surface area contributed by atoms with Gasteiger partial charge in [0.1, 0.15) is 5.75 Å². The number of benzene rings is 2. The molecule has 0 unspecified atom stereocenters. The molecule has 4 heteroatoms. The van der Waals surface area contributed by atoms with Gasteiger partial charge in [-0.15, -0.1) is 0 Å². The molecular formula is C18H14ClNO2. The Kier molecular flexibility index (Phi) is 4.07. The summed E-state index contributed by atoms with van der Waals surface area (Å²) in [6, 6.07) is 16.8. The molecule has 0 radical (unpaired) electrons. The van der Waals surface area contributed by atoms with E-state index in [-0.39, 0.29) is 0 Å². The minimum absolute atomic E-state index is 0.462. The van der Waals surface area contributed by atoms with E-state index in [0.717, 1.165) is 22.2 Å². The molecule has 2 aromatic carbocycles. The highest BCUT2D eigenvalue weighted by Crippen LogP contribution is 2.27. The largest absolute Gasteiger partial charge is 0.494 e. The molecule has 0 aliphatic rings. The van der Waals surface area contributed by atoms with Crippen LogP contribution in [-0.4, -0.2) is 16.8 Å². The van der Waals surface area contributed by atoms with Crippen molar-refractivity contribution in [1.82, 2.24) is 4.98 Å². The first-order valence-corrected chi connectivity index (χ1v) is 7.39. The summed E-state index contributed by atoms with van der Waals surface area (Å²) in [5.74, 6) is 0.772. The van der Waals surface area contributed by atoms with E-state index in [1.165, 1.54) is 0 Å². The summed E-state index contributed by atoms with van der Waals surface area (Å²) >= 11 is 5.73. The van der Waals surface area contributed by atoms with Crippen LogP contribution in [0, 0.1) is 0 Å². The summed E-state index contributed by atoms with van der Waals surface area (Å²) in [6.45, 7) is 2.53. The average molecular weight is 312 g/mol. The highest BCUT2D eigenvalue weighted by Gasteiger charge is 2.12. The molecule has 0 N–H and O–H groups in total. The monoisotopic (exact) mass is 311 g/mol. The van der Waals surface area contributed by atoms with E-state index in [9.17, 15) is 4.79 Å². The van der Waals surface area contributed by atoms with E-state index in [0.29, 0.717) is 17.9 Å². The van der Waals surface area contributed by atoms with Crippen molar-refractivity contribution in [3.8, 4) is 17.0 Å². The van der Waals surface area contributed by atoms with Crippen molar-refractivity contribution in [3.63, 3.8) is 0 Å². The van der Waals surface area contributed by atoms with Gasteiger partial charge in [-0.2, -0.15) is 0 Å². The van der Waals surface area contributed by atoms with Crippen LogP contribution in [0.3, 0.4) is 0 Å². The lowest BCUT2D eigenvalue weighted by Gasteiger charge is -2.09. The molecule has 3 rings (SSSR count). The van der Waals surface area contributed by atoms with Crippen LogP contribution in [-0.2, 0) is 0 Å². The third kappa shape index (κ3) is 2.81. The zero-order valence-corrected chi connectivity index (χ0v) is 12.8. The smallest absolute Gasteiger partial charge is 0.253 e. The van der Waals surface area contributed by atoms with Crippen molar-refractivity contribution in [2.75, 3.05) is 6.61 Å². The highest BCUT2D eigenvalue weighted by atomic mass is 35.5. The molecule has 0 saturated heterocycles. The Bertz CT molecular complexity index is 845. The molecule has 0 aliphatic heterocycles. The fourth-order valence-corrected chi connectivity index (χ4v) is 2.55. The van der Waals surface area contributed by atoms with E-state index in [1.54, 1.807) is 6.07 Å². The van der Waals surface area contributed by atoms with Crippen LogP contribution in [0.4, 0.5) is 0 Å². The molecule has 1 aromatic heterocycles. The Balaban J connectivity index is 2.19. The van der Waals surface area contributed by atoms with Crippen molar-refractivity contribution in [3.05, 3.63) is 60.2 Å². The zero-order valence-electron chi connectivity index (χ0n) is 12.0. The third-order valence-corrected chi connectivity index (χ3v) is 3.57. The Hall–Kier alpha value is -2.39. The molecule has 0 atom stereocenters. The first kappa shape index (κ1) is 14.5. The van der Waals surface area contributed by atoms with E-state index >= 15 is 0 Å². The lowest BCUT2D eigenvalue weighted by atomic mass is 10.0. The van der Waals surface area contributed by atoms with Gasteiger partial charge < -0.3 is 4.74 Å². The van der Waals surface area contributed by atoms with Gasteiger partial charge in [0.05, 0.1) is 17.8 Å². The number of hydrogen-bond acceptors (Lipinski definition) is 3. The third-order valence-electron chi connectivity index (χ3n) is 3.37. The number of ether oxygens (including phenoxy) is 1. The minimum Gasteiger partial charge on any atom is -0.494 e. The van der Waals surface area contributed by atoms with Gasteiger partial charge in [0.15, 0.2) is 0 Å². The van der Waals surface area contributed by atoms with Crippen molar-refractivity contribution in [1.29, 1.82) is 0 Å². The van der Waals surface area contributed by atoms with Gasteiger partial charge in [0.2, 0.25) is 0 Å². The number of para-hydroxylation sites is 1. The number of hydrogen-bond donors (Lipinski definition) is 0. The predicted molar refractivity (Wildman–Crippen MR) is 88.5 cm³/mol. The first-order valence-electron chi connectivity index (χ1n) is 7.02. The summed E-state index contributed by atoms with van der Waals surface area (Å²) in [5, 5.41) is 0.271. The summed E-state index contributed by atoms with van der Waals surface area (Å²) < 4.78 is 5.51. The summed E-state index contributed by atoms with van der Waals surface area (Å²) in [7, 11) is 0. The standard InChI is InChI=1S/C18H14ClNO2/c1-2-22-13-7-5-6-12(10-13)17-11-15(18(19)21)14-8-3-4-9-16(14)20-17/h3-11H,2H2,1H3. The number of pyridine rings is 1. The van der Waals surface area contributed by atoms with Crippen molar-refractivity contribution in [2.24, 2.45) is 0 Å². The van der Waals surface area contributed by atoms with Gasteiger partial charge >= 0.3 is 0 Å². The maximum absolute atomic E-state index is 11.7. The lowest BCUT2D eigenvalue weighted by molar-refractivity contribution is 0.108. The Morgan fingerprint density at radius 3 is 2.73 bits per heavy atom. The number of fused-ring (bicyclic) bond motifs is 1. The van der Waals surface area contributed by atoms with E-state index in [1.807, 2.05) is 55.5 Å². The van der Waals surface area contributed by atoms with E-state index in [4.69, 9.17) is 16.3 Å².